The van der Waals surface area contributed by atoms with Crippen LogP contribution in [-0.2, 0) is 20.6 Å². The molecule has 0 saturated carbocycles. The number of nitrogens with zero attached hydrogens (tertiary/aromatic N) is 2. The number of rotatable bonds is 11. The number of hydrogen-bond acceptors (Lipinski definition) is 7. The fraction of sp³-hybridized carbons (Fsp3) is 0.409. The third-order valence-corrected chi connectivity index (χ3v) is 8.04. The molecule has 1 aliphatic rings. The van der Waals surface area contributed by atoms with Gasteiger partial charge in [-0.1, -0.05) is 18.6 Å². The Kier molecular flexibility index (Phi) is 9.10. The zero-order chi connectivity index (χ0) is 23.7. The summed E-state index contributed by atoms with van der Waals surface area (Å²) in [4.78, 5) is 22.4. The van der Waals surface area contributed by atoms with Gasteiger partial charge >= 0.3 is 0 Å². The SMILES string of the molecule is O=C(CSCc1ccc([N+](=O)[O-])cc1)NCCOc1ccc(S(=O)(=O)N2CCCCC2)cc1. The van der Waals surface area contributed by atoms with Gasteiger partial charge in [0.05, 0.1) is 22.1 Å². The number of piperidine rings is 1. The highest BCUT2D eigenvalue weighted by Gasteiger charge is 2.25. The number of sulfonamides is 1. The van der Waals surface area contributed by atoms with Crippen LogP contribution in [0.4, 0.5) is 5.69 Å². The lowest BCUT2D eigenvalue weighted by molar-refractivity contribution is -0.384. The summed E-state index contributed by atoms with van der Waals surface area (Å²) in [7, 11) is -3.46. The topological polar surface area (TPSA) is 119 Å². The van der Waals surface area contributed by atoms with Crippen LogP contribution >= 0.6 is 11.8 Å². The summed E-state index contributed by atoms with van der Waals surface area (Å²) in [6, 6.07) is 12.6. The van der Waals surface area contributed by atoms with Crippen molar-refractivity contribution in [3.05, 3.63) is 64.2 Å². The molecule has 1 N–H and O–H groups in total. The number of nitro groups is 1. The fourth-order valence-electron chi connectivity index (χ4n) is 3.35. The monoisotopic (exact) mass is 493 g/mol. The zero-order valence-corrected chi connectivity index (χ0v) is 19.8. The van der Waals surface area contributed by atoms with Gasteiger partial charge in [-0.25, -0.2) is 8.42 Å². The summed E-state index contributed by atoms with van der Waals surface area (Å²) in [6.07, 6.45) is 2.84. The number of nitro benzene ring substituents is 1. The molecule has 0 spiro atoms. The highest BCUT2D eigenvalue weighted by Crippen LogP contribution is 2.22. The van der Waals surface area contributed by atoms with Crippen LogP contribution in [0, 0.1) is 10.1 Å². The van der Waals surface area contributed by atoms with E-state index >= 15 is 0 Å². The van der Waals surface area contributed by atoms with E-state index in [-0.39, 0.29) is 28.8 Å². The molecular formula is C22H27N3O6S2. The molecule has 0 aliphatic carbocycles. The average molecular weight is 494 g/mol. The summed E-state index contributed by atoms with van der Waals surface area (Å²) in [6.45, 7) is 1.71. The molecule has 9 nitrogen and oxygen atoms in total. The largest absolute Gasteiger partial charge is 0.492 e. The predicted octanol–water partition coefficient (Wildman–Crippen LogP) is 3.20. The summed E-state index contributed by atoms with van der Waals surface area (Å²) < 4.78 is 32.4. The molecule has 0 bridgehead atoms. The van der Waals surface area contributed by atoms with E-state index in [1.54, 1.807) is 36.4 Å². The van der Waals surface area contributed by atoms with Crippen molar-refractivity contribution in [1.82, 2.24) is 9.62 Å². The Morgan fingerprint density at radius 2 is 1.73 bits per heavy atom. The van der Waals surface area contributed by atoms with E-state index < -0.39 is 14.9 Å². The Morgan fingerprint density at radius 3 is 2.36 bits per heavy atom. The Bertz CT molecular complexity index is 1040. The quantitative estimate of drug-likeness (QED) is 0.290. The molecule has 3 rings (SSSR count). The molecule has 33 heavy (non-hydrogen) atoms. The van der Waals surface area contributed by atoms with Crippen molar-refractivity contribution < 1.29 is 22.9 Å². The minimum atomic E-state index is -3.46. The first-order valence-corrected chi connectivity index (χ1v) is 13.3. The van der Waals surface area contributed by atoms with E-state index in [2.05, 4.69) is 5.32 Å². The van der Waals surface area contributed by atoms with Gasteiger partial charge in [0.15, 0.2) is 0 Å². The fourth-order valence-corrected chi connectivity index (χ4v) is 5.68. The van der Waals surface area contributed by atoms with Gasteiger partial charge in [0, 0.05) is 31.0 Å². The Hall–Kier alpha value is -2.63. The van der Waals surface area contributed by atoms with Crippen molar-refractivity contribution in [1.29, 1.82) is 0 Å². The zero-order valence-electron chi connectivity index (χ0n) is 18.1. The minimum Gasteiger partial charge on any atom is -0.492 e. The van der Waals surface area contributed by atoms with Gasteiger partial charge in [-0.3, -0.25) is 14.9 Å². The summed E-state index contributed by atoms with van der Waals surface area (Å²) in [5, 5.41) is 13.4. The lowest BCUT2D eigenvalue weighted by Crippen LogP contribution is -2.35. The lowest BCUT2D eigenvalue weighted by Gasteiger charge is -2.25. The molecule has 1 amide bonds. The molecular weight excluding hydrogens is 466 g/mol. The molecule has 2 aromatic rings. The third-order valence-electron chi connectivity index (χ3n) is 5.12. The second kappa shape index (κ2) is 12.0. The first-order valence-electron chi connectivity index (χ1n) is 10.7. The van der Waals surface area contributed by atoms with Gasteiger partial charge in [-0.2, -0.15) is 4.31 Å². The van der Waals surface area contributed by atoms with Crippen molar-refractivity contribution in [2.45, 2.75) is 29.9 Å². The molecule has 11 heteroatoms. The maximum Gasteiger partial charge on any atom is 0.269 e. The highest BCUT2D eigenvalue weighted by molar-refractivity contribution is 7.99. The highest BCUT2D eigenvalue weighted by atomic mass is 32.2. The van der Waals surface area contributed by atoms with Gasteiger partial charge in [-0.05, 0) is 42.7 Å². The van der Waals surface area contributed by atoms with Gasteiger partial charge in [-0.15, -0.1) is 11.8 Å². The van der Waals surface area contributed by atoms with Crippen molar-refractivity contribution in [3.8, 4) is 5.75 Å². The van der Waals surface area contributed by atoms with Gasteiger partial charge in [0.25, 0.3) is 5.69 Å². The van der Waals surface area contributed by atoms with Gasteiger partial charge in [0.2, 0.25) is 15.9 Å². The molecule has 0 radical (unpaired) electrons. The Labute approximate surface area is 197 Å². The molecule has 0 unspecified atom stereocenters. The maximum atomic E-state index is 12.7. The number of carbonyl (C=O) groups excluding carboxylic acids is 1. The third kappa shape index (κ3) is 7.44. The number of amides is 1. The van der Waals surface area contributed by atoms with Crippen LogP contribution in [0.5, 0.6) is 5.75 Å². The second-order valence-electron chi connectivity index (χ2n) is 7.55. The van der Waals surface area contributed by atoms with Crippen LogP contribution in [0.2, 0.25) is 0 Å². The number of hydrogen-bond donors (Lipinski definition) is 1. The van der Waals surface area contributed by atoms with Crippen molar-refractivity contribution in [2.75, 3.05) is 32.0 Å². The Balaban J connectivity index is 1.34. The van der Waals surface area contributed by atoms with Crippen LogP contribution < -0.4 is 10.1 Å². The molecule has 1 saturated heterocycles. The van der Waals surface area contributed by atoms with Crippen molar-refractivity contribution >= 4 is 33.4 Å². The normalized spacial score (nSPS) is 14.5. The number of non-ortho nitro benzene ring substituents is 1. The van der Waals surface area contributed by atoms with Crippen LogP contribution in [0.3, 0.4) is 0 Å². The van der Waals surface area contributed by atoms with Crippen LogP contribution in [0.1, 0.15) is 24.8 Å². The lowest BCUT2D eigenvalue weighted by atomic mass is 10.2. The first kappa shape index (κ1) is 25.0. The summed E-state index contributed by atoms with van der Waals surface area (Å²) >= 11 is 1.42. The number of nitrogens with one attached hydrogen (secondary N) is 1. The first-order chi connectivity index (χ1) is 15.9. The van der Waals surface area contributed by atoms with Gasteiger partial charge < -0.3 is 10.1 Å². The number of benzene rings is 2. The van der Waals surface area contributed by atoms with Crippen molar-refractivity contribution in [2.24, 2.45) is 0 Å². The average Bonchev–Trinajstić information content (AvgIpc) is 2.83. The summed E-state index contributed by atoms with van der Waals surface area (Å²) in [5.74, 6) is 1.25. The molecule has 1 aliphatic heterocycles. The number of thioether (sulfide) groups is 1. The molecule has 0 aromatic heterocycles. The number of carbonyl (C=O) groups is 1. The van der Waals surface area contributed by atoms with Crippen LogP contribution in [0.15, 0.2) is 53.4 Å². The minimum absolute atomic E-state index is 0.0414. The van der Waals surface area contributed by atoms with E-state index in [1.807, 2.05) is 0 Å². The molecule has 1 heterocycles. The van der Waals surface area contributed by atoms with Crippen molar-refractivity contribution in [3.63, 3.8) is 0 Å². The smallest absolute Gasteiger partial charge is 0.269 e. The number of ether oxygens (including phenoxy) is 1. The molecule has 0 atom stereocenters. The standard InChI is InChI=1S/C22H27N3O6S2/c26-22(17-32-16-18-4-6-19(7-5-18)25(27)28)23-12-15-31-20-8-10-21(11-9-20)33(29,30)24-13-2-1-3-14-24/h4-11H,1-3,12-17H2,(H,23,26). The van der Waals surface area contributed by atoms with E-state index in [9.17, 15) is 23.3 Å². The van der Waals surface area contributed by atoms with Crippen LogP contribution in [-0.4, -0.2) is 55.5 Å². The van der Waals surface area contributed by atoms with E-state index in [0.717, 1.165) is 24.8 Å². The summed E-state index contributed by atoms with van der Waals surface area (Å²) in [5.41, 5.74) is 0.951. The van der Waals surface area contributed by atoms with E-state index in [0.29, 0.717) is 31.1 Å². The van der Waals surface area contributed by atoms with Crippen LogP contribution in [0.25, 0.3) is 0 Å². The Morgan fingerprint density at radius 1 is 1.06 bits per heavy atom. The van der Waals surface area contributed by atoms with E-state index in [4.69, 9.17) is 4.74 Å². The van der Waals surface area contributed by atoms with E-state index in [1.165, 1.54) is 28.2 Å². The maximum absolute atomic E-state index is 12.7. The van der Waals surface area contributed by atoms with Gasteiger partial charge in [0.1, 0.15) is 12.4 Å². The molecule has 178 valence electrons. The molecule has 2 aromatic carbocycles. The second-order valence-corrected chi connectivity index (χ2v) is 10.5. The molecule has 1 fully saturated rings. The predicted molar refractivity (Wildman–Crippen MR) is 127 cm³/mol.